The molecule has 1 atom stereocenters. The summed E-state index contributed by atoms with van der Waals surface area (Å²) in [5, 5.41) is 5.90. The lowest BCUT2D eigenvalue weighted by Gasteiger charge is -2.17. The van der Waals surface area contributed by atoms with E-state index in [0.717, 1.165) is 19.4 Å². The highest BCUT2D eigenvalue weighted by molar-refractivity contribution is 7.10. The molecule has 1 N–H and O–H groups in total. The Balaban J connectivity index is 2.03. The van der Waals surface area contributed by atoms with Gasteiger partial charge in [-0.1, -0.05) is 31.2 Å². The maximum atomic E-state index is 3.61. The van der Waals surface area contributed by atoms with E-state index in [-0.39, 0.29) is 0 Å². The molecule has 19 heavy (non-hydrogen) atoms. The average Bonchev–Trinajstić information content (AvgIpc) is 2.83. The van der Waals surface area contributed by atoms with E-state index in [0.29, 0.717) is 6.04 Å². The zero-order valence-electron chi connectivity index (χ0n) is 12.1. The van der Waals surface area contributed by atoms with Gasteiger partial charge < -0.3 is 5.32 Å². The fourth-order valence-electron chi connectivity index (χ4n) is 2.47. The second-order valence-corrected chi connectivity index (χ2v) is 6.18. The second kappa shape index (κ2) is 6.88. The van der Waals surface area contributed by atoms with Crippen LogP contribution in [0.25, 0.3) is 0 Å². The lowest BCUT2D eigenvalue weighted by atomic mass is 9.98. The van der Waals surface area contributed by atoms with Crippen molar-refractivity contribution in [2.24, 2.45) is 0 Å². The Labute approximate surface area is 120 Å². The molecular formula is C17H23NS. The van der Waals surface area contributed by atoms with Gasteiger partial charge in [-0.15, -0.1) is 11.3 Å². The van der Waals surface area contributed by atoms with E-state index in [9.17, 15) is 0 Å². The highest BCUT2D eigenvalue weighted by atomic mass is 32.1. The van der Waals surface area contributed by atoms with Crippen LogP contribution in [0.4, 0.5) is 0 Å². The van der Waals surface area contributed by atoms with E-state index in [2.05, 4.69) is 61.8 Å². The molecule has 1 heterocycles. The Hall–Kier alpha value is -1.12. The number of benzene rings is 1. The van der Waals surface area contributed by atoms with Gasteiger partial charge in [0, 0.05) is 10.9 Å². The van der Waals surface area contributed by atoms with Crippen LogP contribution < -0.4 is 5.32 Å². The second-order valence-electron chi connectivity index (χ2n) is 5.07. The van der Waals surface area contributed by atoms with Crippen molar-refractivity contribution < 1.29 is 0 Å². The summed E-state index contributed by atoms with van der Waals surface area (Å²) in [6.07, 6.45) is 2.30. The third-order valence-corrected chi connectivity index (χ3v) is 4.45. The topological polar surface area (TPSA) is 12.0 Å². The highest BCUT2D eigenvalue weighted by Crippen LogP contribution is 2.24. The predicted octanol–water partition coefficient (Wildman–Crippen LogP) is 4.65. The highest BCUT2D eigenvalue weighted by Gasteiger charge is 2.12. The zero-order chi connectivity index (χ0) is 13.7. The van der Waals surface area contributed by atoms with Crippen LogP contribution in [0.5, 0.6) is 0 Å². The minimum Gasteiger partial charge on any atom is -0.310 e. The van der Waals surface area contributed by atoms with Crippen molar-refractivity contribution in [3.8, 4) is 0 Å². The smallest absolute Gasteiger partial charge is 0.0331 e. The SMILES string of the molecule is CCNC(CCc1ccccc1C)c1csc(C)c1. The van der Waals surface area contributed by atoms with E-state index >= 15 is 0 Å². The average molecular weight is 273 g/mol. The zero-order valence-corrected chi connectivity index (χ0v) is 12.9. The number of aryl methyl sites for hydroxylation is 3. The van der Waals surface area contributed by atoms with Gasteiger partial charge in [-0.25, -0.2) is 0 Å². The van der Waals surface area contributed by atoms with Crippen LogP contribution in [0.1, 0.15) is 41.0 Å². The van der Waals surface area contributed by atoms with E-state index in [1.165, 1.54) is 21.6 Å². The van der Waals surface area contributed by atoms with E-state index in [1.54, 1.807) is 0 Å². The van der Waals surface area contributed by atoms with Gasteiger partial charge in [0.25, 0.3) is 0 Å². The van der Waals surface area contributed by atoms with Gasteiger partial charge in [0.1, 0.15) is 0 Å². The summed E-state index contributed by atoms with van der Waals surface area (Å²) in [5.74, 6) is 0. The van der Waals surface area contributed by atoms with Crippen LogP contribution in [-0.2, 0) is 6.42 Å². The summed E-state index contributed by atoms with van der Waals surface area (Å²) in [4.78, 5) is 1.40. The van der Waals surface area contributed by atoms with Crippen LogP contribution in [0.2, 0.25) is 0 Å². The first-order chi connectivity index (χ1) is 9.20. The monoisotopic (exact) mass is 273 g/mol. The molecule has 1 unspecified atom stereocenters. The van der Waals surface area contributed by atoms with E-state index in [1.807, 2.05) is 11.3 Å². The maximum Gasteiger partial charge on any atom is 0.0331 e. The fourth-order valence-corrected chi connectivity index (χ4v) is 3.23. The molecule has 0 saturated carbocycles. The van der Waals surface area contributed by atoms with Gasteiger partial charge in [0.15, 0.2) is 0 Å². The van der Waals surface area contributed by atoms with Gasteiger partial charge >= 0.3 is 0 Å². The van der Waals surface area contributed by atoms with E-state index < -0.39 is 0 Å². The van der Waals surface area contributed by atoms with Gasteiger partial charge in [0.05, 0.1) is 0 Å². The van der Waals surface area contributed by atoms with Crippen molar-refractivity contribution >= 4 is 11.3 Å². The number of hydrogen-bond acceptors (Lipinski definition) is 2. The summed E-state index contributed by atoms with van der Waals surface area (Å²) < 4.78 is 0. The molecule has 2 rings (SSSR count). The van der Waals surface area contributed by atoms with Crippen LogP contribution in [-0.4, -0.2) is 6.54 Å². The van der Waals surface area contributed by atoms with Crippen molar-refractivity contribution in [1.29, 1.82) is 0 Å². The van der Waals surface area contributed by atoms with Gasteiger partial charge in [-0.3, -0.25) is 0 Å². The molecule has 0 amide bonds. The van der Waals surface area contributed by atoms with Crippen LogP contribution >= 0.6 is 11.3 Å². The minimum atomic E-state index is 0.481. The van der Waals surface area contributed by atoms with Gasteiger partial charge in [-0.05, 0) is 61.4 Å². The lowest BCUT2D eigenvalue weighted by Crippen LogP contribution is -2.21. The Morgan fingerprint density at radius 2 is 2.00 bits per heavy atom. The largest absolute Gasteiger partial charge is 0.310 e. The van der Waals surface area contributed by atoms with Crippen LogP contribution in [0.3, 0.4) is 0 Å². The summed E-state index contributed by atoms with van der Waals surface area (Å²) in [6, 6.07) is 11.5. The van der Waals surface area contributed by atoms with Gasteiger partial charge in [0.2, 0.25) is 0 Å². The molecule has 1 aromatic heterocycles. The molecule has 0 fully saturated rings. The third-order valence-electron chi connectivity index (χ3n) is 3.57. The Morgan fingerprint density at radius 3 is 2.63 bits per heavy atom. The molecule has 102 valence electrons. The standard InChI is InChI=1S/C17H23NS/c1-4-18-17(16-11-14(3)19-12-16)10-9-15-8-6-5-7-13(15)2/h5-8,11-12,17-18H,4,9-10H2,1-3H3. The molecule has 2 heteroatoms. The molecule has 0 aliphatic rings. The first-order valence-electron chi connectivity index (χ1n) is 7.03. The van der Waals surface area contributed by atoms with Gasteiger partial charge in [-0.2, -0.15) is 0 Å². The first-order valence-corrected chi connectivity index (χ1v) is 7.91. The Bertz CT molecular complexity index is 515. The first kappa shape index (κ1) is 14.3. The van der Waals surface area contributed by atoms with Crippen molar-refractivity contribution in [3.63, 3.8) is 0 Å². The maximum absolute atomic E-state index is 3.61. The molecule has 2 aromatic rings. The van der Waals surface area contributed by atoms with Crippen molar-refractivity contribution in [2.45, 2.75) is 39.7 Å². The van der Waals surface area contributed by atoms with Crippen LogP contribution in [0, 0.1) is 13.8 Å². The predicted molar refractivity (Wildman–Crippen MR) is 85.0 cm³/mol. The molecule has 0 aliphatic heterocycles. The van der Waals surface area contributed by atoms with Crippen molar-refractivity contribution in [3.05, 3.63) is 57.3 Å². The molecule has 0 spiro atoms. The van der Waals surface area contributed by atoms with E-state index in [4.69, 9.17) is 0 Å². The minimum absolute atomic E-state index is 0.481. The molecule has 0 bridgehead atoms. The summed E-state index contributed by atoms with van der Waals surface area (Å²) in [5.41, 5.74) is 4.31. The van der Waals surface area contributed by atoms with Crippen molar-refractivity contribution in [1.82, 2.24) is 5.32 Å². The lowest BCUT2D eigenvalue weighted by molar-refractivity contribution is 0.516. The summed E-state index contributed by atoms with van der Waals surface area (Å²) in [7, 11) is 0. The number of thiophene rings is 1. The molecule has 1 aromatic carbocycles. The normalized spacial score (nSPS) is 12.6. The Morgan fingerprint density at radius 1 is 1.21 bits per heavy atom. The molecular weight excluding hydrogens is 250 g/mol. The number of hydrogen-bond donors (Lipinski definition) is 1. The summed E-state index contributed by atoms with van der Waals surface area (Å²) in [6.45, 7) is 7.58. The third kappa shape index (κ3) is 3.92. The van der Waals surface area contributed by atoms with Crippen molar-refractivity contribution in [2.75, 3.05) is 6.54 Å². The fraction of sp³-hybridized carbons (Fsp3) is 0.412. The Kier molecular flexibility index (Phi) is 5.17. The number of rotatable bonds is 6. The molecule has 0 saturated heterocycles. The summed E-state index contributed by atoms with van der Waals surface area (Å²) >= 11 is 1.84. The van der Waals surface area contributed by atoms with Crippen LogP contribution in [0.15, 0.2) is 35.7 Å². The quantitative estimate of drug-likeness (QED) is 0.808. The molecule has 0 aliphatic carbocycles. The molecule has 0 radical (unpaired) electrons. The molecule has 1 nitrogen and oxygen atoms in total. The number of nitrogens with one attached hydrogen (secondary N) is 1.